The Labute approximate surface area is 154 Å². The van der Waals surface area contributed by atoms with Gasteiger partial charge in [0, 0.05) is 31.0 Å². The molecular weight excluding hydrogens is 354 g/mol. The average molecular weight is 373 g/mol. The quantitative estimate of drug-likeness (QED) is 0.494. The summed E-state index contributed by atoms with van der Waals surface area (Å²) < 4.78 is 1.50. The van der Waals surface area contributed by atoms with E-state index in [4.69, 9.17) is 15.9 Å². The van der Waals surface area contributed by atoms with Crippen LogP contribution < -0.4 is 10.7 Å². The number of carbonyl (C=O) groups is 4. The molecule has 2 rings (SSSR count). The maximum Gasteiger partial charge on any atom is 0.328 e. The van der Waals surface area contributed by atoms with Crippen molar-refractivity contribution in [3.63, 3.8) is 0 Å². The van der Waals surface area contributed by atoms with Gasteiger partial charge in [-0.15, -0.1) is 0 Å². The summed E-state index contributed by atoms with van der Waals surface area (Å²) in [6.07, 6.45) is 2.77. The molecule has 0 aliphatic heterocycles. The normalized spacial score (nSPS) is 10.0. The van der Waals surface area contributed by atoms with Crippen molar-refractivity contribution in [2.24, 2.45) is 5.73 Å². The van der Waals surface area contributed by atoms with E-state index in [1.165, 1.54) is 9.69 Å². The van der Waals surface area contributed by atoms with Crippen LogP contribution in [0.5, 0.6) is 0 Å². The van der Waals surface area contributed by atoms with E-state index in [1.54, 1.807) is 49.6 Å². The molecule has 4 N–H and O–H groups in total. The zero-order valence-corrected chi connectivity index (χ0v) is 14.5. The predicted octanol–water partition coefficient (Wildman–Crippen LogP) is 0.484. The molecule has 142 valence electrons. The van der Waals surface area contributed by atoms with Gasteiger partial charge in [-0.2, -0.15) is 0 Å². The van der Waals surface area contributed by atoms with Gasteiger partial charge in [-0.1, -0.05) is 30.3 Å². The lowest BCUT2D eigenvalue weighted by atomic mass is 10.1. The van der Waals surface area contributed by atoms with Gasteiger partial charge in [-0.05, 0) is 12.1 Å². The number of ketones is 1. The van der Waals surface area contributed by atoms with Crippen molar-refractivity contribution in [3.05, 3.63) is 72.1 Å². The molecule has 0 fully saturated rings. The SMILES string of the molecule is CN(C(=O)CN)n1cccc1C(=O)c1ccccc1.O=C(O)C=CC(=O)O. The van der Waals surface area contributed by atoms with Crippen LogP contribution in [0.4, 0.5) is 0 Å². The second-order valence-electron chi connectivity index (χ2n) is 5.06. The molecule has 9 nitrogen and oxygen atoms in total. The number of likely N-dealkylation sites (N-methyl/N-ethyl adjacent to an activating group) is 1. The predicted molar refractivity (Wildman–Crippen MR) is 96.9 cm³/mol. The first kappa shape index (κ1) is 21.3. The summed E-state index contributed by atoms with van der Waals surface area (Å²) in [6, 6.07) is 12.3. The van der Waals surface area contributed by atoms with Crippen LogP contribution in [-0.2, 0) is 14.4 Å². The Morgan fingerprint density at radius 1 is 1.00 bits per heavy atom. The molecule has 2 aromatic rings. The number of hydrogen-bond donors (Lipinski definition) is 3. The van der Waals surface area contributed by atoms with E-state index in [0.29, 0.717) is 23.4 Å². The summed E-state index contributed by atoms with van der Waals surface area (Å²) in [5.41, 5.74) is 6.33. The molecule has 0 unspecified atom stereocenters. The molecule has 1 amide bonds. The van der Waals surface area contributed by atoms with Crippen LogP contribution in [0.25, 0.3) is 0 Å². The van der Waals surface area contributed by atoms with Crippen LogP contribution in [0.15, 0.2) is 60.8 Å². The van der Waals surface area contributed by atoms with E-state index in [0.717, 1.165) is 0 Å². The molecule has 1 aromatic carbocycles. The second-order valence-corrected chi connectivity index (χ2v) is 5.06. The van der Waals surface area contributed by atoms with Crippen molar-refractivity contribution in [3.8, 4) is 0 Å². The third-order valence-corrected chi connectivity index (χ3v) is 3.22. The summed E-state index contributed by atoms with van der Waals surface area (Å²) in [7, 11) is 1.58. The standard InChI is InChI=1S/C14H15N3O2.C4H4O4/c1-16(13(18)10-15)17-9-5-8-12(17)14(19)11-6-3-2-4-7-11;5-3(6)1-2-4(7)8/h2-9H,10,15H2,1H3;1-2H,(H,5,6)(H,7,8). The van der Waals surface area contributed by atoms with Crippen molar-refractivity contribution in [2.75, 3.05) is 18.6 Å². The molecule has 0 radical (unpaired) electrons. The second kappa shape index (κ2) is 10.3. The highest BCUT2D eigenvalue weighted by atomic mass is 16.4. The maximum absolute atomic E-state index is 12.4. The lowest BCUT2D eigenvalue weighted by Gasteiger charge is -2.20. The largest absolute Gasteiger partial charge is 0.478 e. The van der Waals surface area contributed by atoms with E-state index in [1.807, 2.05) is 6.07 Å². The van der Waals surface area contributed by atoms with Crippen LogP contribution in [-0.4, -0.2) is 52.1 Å². The molecule has 0 aliphatic rings. The lowest BCUT2D eigenvalue weighted by Crippen LogP contribution is -2.41. The van der Waals surface area contributed by atoms with Gasteiger partial charge >= 0.3 is 11.9 Å². The number of carbonyl (C=O) groups excluding carboxylic acids is 2. The molecule has 27 heavy (non-hydrogen) atoms. The Kier molecular flexibility index (Phi) is 8.14. The number of carboxylic acid groups (broad SMARTS) is 2. The number of aromatic nitrogens is 1. The summed E-state index contributed by atoms with van der Waals surface area (Å²) in [6.45, 7) is -0.104. The maximum atomic E-state index is 12.4. The van der Waals surface area contributed by atoms with Crippen LogP contribution in [0.3, 0.4) is 0 Å². The van der Waals surface area contributed by atoms with Crippen LogP contribution in [0, 0.1) is 0 Å². The summed E-state index contributed by atoms with van der Waals surface area (Å²) in [5.74, 6) is -2.92. The number of nitrogens with two attached hydrogens (primary N) is 1. The number of amides is 1. The van der Waals surface area contributed by atoms with Gasteiger partial charge in [-0.25, -0.2) is 9.59 Å². The molecular formula is C18H19N3O6. The van der Waals surface area contributed by atoms with Crippen LogP contribution in [0.1, 0.15) is 16.1 Å². The van der Waals surface area contributed by atoms with Gasteiger partial charge in [-0.3, -0.25) is 19.3 Å². The van der Waals surface area contributed by atoms with E-state index in [-0.39, 0.29) is 18.2 Å². The molecule has 1 aromatic heterocycles. The van der Waals surface area contributed by atoms with Gasteiger partial charge in [0.05, 0.1) is 6.54 Å². The first-order chi connectivity index (χ1) is 12.8. The minimum Gasteiger partial charge on any atom is -0.478 e. The molecule has 0 bridgehead atoms. The van der Waals surface area contributed by atoms with E-state index in [2.05, 4.69) is 0 Å². The van der Waals surface area contributed by atoms with Crippen molar-refractivity contribution in [2.45, 2.75) is 0 Å². The highest BCUT2D eigenvalue weighted by molar-refractivity contribution is 6.08. The van der Waals surface area contributed by atoms with Gasteiger partial charge in [0.2, 0.25) is 5.78 Å². The van der Waals surface area contributed by atoms with E-state index in [9.17, 15) is 19.2 Å². The van der Waals surface area contributed by atoms with Gasteiger partial charge in [0.25, 0.3) is 5.91 Å². The Morgan fingerprint density at radius 3 is 2.04 bits per heavy atom. The summed E-state index contributed by atoms with van der Waals surface area (Å²) in [4.78, 5) is 43.1. The molecule has 1 heterocycles. The summed E-state index contributed by atoms with van der Waals surface area (Å²) >= 11 is 0. The topological polar surface area (TPSA) is 143 Å². The van der Waals surface area contributed by atoms with Crippen LogP contribution in [0.2, 0.25) is 0 Å². The number of hydrogen-bond acceptors (Lipinski definition) is 5. The van der Waals surface area contributed by atoms with Crippen LogP contribution >= 0.6 is 0 Å². The van der Waals surface area contributed by atoms with Gasteiger partial charge in [0.15, 0.2) is 0 Å². The monoisotopic (exact) mass is 373 g/mol. The third kappa shape index (κ3) is 6.59. The molecule has 0 aliphatic carbocycles. The minimum atomic E-state index is -1.26. The summed E-state index contributed by atoms with van der Waals surface area (Å²) in [5, 5.41) is 17.0. The Hall–Kier alpha value is -3.72. The highest BCUT2D eigenvalue weighted by Gasteiger charge is 2.17. The number of carboxylic acids is 2. The molecule has 0 saturated carbocycles. The number of benzene rings is 1. The highest BCUT2D eigenvalue weighted by Crippen LogP contribution is 2.11. The van der Waals surface area contributed by atoms with Gasteiger partial charge < -0.3 is 15.9 Å². The fraction of sp³-hybridized carbons (Fsp3) is 0.111. The first-order valence-electron chi connectivity index (χ1n) is 7.65. The zero-order valence-electron chi connectivity index (χ0n) is 14.5. The molecule has 0 saturated heterocycles. The third-order valence-electron chi connectivity index (χ3n) is 3.22. The van der Waals surface area contributed by atoms with Crippen molar-refractivity contribution in [1.82, 2.24) is 4.68 Å². The Balaban J connectivity index is 0.000000387. The fourth-order valence-corrected chi connectivity index (χ4v) is 1.95. The Bertz CT molecular complexity index is 826. The van der Waals surface area contributed by atoms with Crippen molar-refractivity contribution in [1.29, 1.82) is 0 Å². The lowest BCUT2D eigenvalue weighted by molar-refractivity contribution is -0.134. The number of nitrogens with zero attached hydrogens (tertiary/aromatic N) is 2. The van der Waals surface area contributed by atoms with Crippen molar-refractivity contribution >= 4 is 23.6 Å². The van der Waals surface area contributed by atoms with E-state index < -0.39 is 11.9 Å². The smallest absolute Gasteiger partial charge is 0.328 e. The zero-order chi connectivity index (χ0) is 20.4. The van der Waals surface area contributed by atoms with E-state index >= 15 is 0 Å². The average Bonchev–Trinajstić information content (AvgIpc) is 3.15. The molecule has 9 heteroatoms. The number of aliphatic carboxylic acids is 2. The van der Waals surface area contributed by atoms with Gasteiger partial charge in [0.1, 0.15) is 5.69 Å². The number of rotatable bonds is 6. The first-order valence-corrected chi connectivity index (χ1v) is 7.65. The molecule has 0 spiro atoms. The minimum absolute atomic E-state index is 0.104. The molecule has 0 atom stereocenters. The van der Waals surface area contributed by atoms with Crippen molar-refractivity contribution < 1.29 is 29.4 Å². The fourth-order valence-electron chi connectivity index (χ4n) is 1.95. The Morgan fingerprint density at radius 2 is 1.56 bits per heavy atom.